The van der Waals surface area contributed by atoms with Gasteiger partial charge in [0.1, 0.15) is 0 Å². The topological polar surface area (TPSA) is 29.3 Å². The number of nitrogens with two attached hydrogens (primary N) is 1. The third kappa shape index (κ3) is 4.05. The zero-order valence-corrected chi connectivity index (χ0v) is 12.4. The summed E-state index contributed by atoms with van der Waals surface area (Å²) in [6.45, 7) is 3.32. The first-order valence-electron chi connectivity index (χ1n) is 7.74. The molecule has 1 aliphatic carbocycles. The van der Waals surface area contributed by atoms with E-state index in [1.165, 1.54) is 36.8 Å². The van der Waals surface area contributed by atoms with Crippen molar-refractivity contribution in [1.29, 1.82) is 0 Å². The number of hydrogen-bond donors (Lipinski definition) is 1. The van der Waals surface area contributed by atoms with Gasteiger partial charge in [-0.25, -0.2) is 0 Å². The van der Waals surface area contributed by atoms with Crippen LogP contribution >= 0.6 is 0 Å². The predicted molar refractivity (Wildman–Crippen MR) is 82.4 cm³/mol. The van der Waals surface area contributed by atoms with Crippen molar-refractivity contribution in [3.8, 4) is 0 Å². The van der Waals surface area contributed by atoms with Crippen LogP contribution in [0.25, 0.3) is 0 Å². The van der Waals surface area contributed by atoms with Crippen molar-refractivity contribution in [3.63, 3.8) is 0 Å². The molecule has 0 amide bonds. The van der Waals surface area contributed by atoms with Gasteiger partial charge in [0.15, 0.2) is 0 Å². The first kappa shape index (κ1) is 14.5. The summed E-state index contributed by atoms with van der Waals surface area (Å²) in [5.41, 5.74) is 9.11. The lowest BCUT2D eigenvalue weighted by atomic mass is 9.90. The van der Waals surface area contributed by atoms with E-state index in [0.29, 0.717) is 12.1 Å². The van der Waals surface area contributed by atoms with E-state index in [-0.39, 0.29) is 0 Å². The average molecular weight is 260 g/mol. The Labute approximate surface area is 118 Å². The molecule has 1 aromatic rings. The summed E-state index contributed by atoms with van der Waals surface area (Å²) >= 11 is 0. The number of hydrogen-bond acceptors (Lipinski definition) is 2. The van der Waals surface area contributed by atoms with Crippen molar-refractivity contribution < 1.29 is 0 Å². The SMILES string of the molecule is CCc1ccc(CCN(C)C2CCCCC2N)cc1. The molecule has 19 heavy (non-hydrogen) atoms. The van der Waals surface area contributed by atoms with Crippen LogP contribution in [0.4, 0.5) is 0 Å². The summed E-state index contributed by atoms with van der Waals surface area (Å²) < 4.78 is 0. The summed E-state index contributed by atoms with van der Waals surface area (Å²) in [4.78, 5) is 2.47. The lowest BCUT2D eigenvalue weighted by Gasteiger charge is -2.36. The molecule has 106 valence electrons. The first-order chi connectivity index (χ1) is 9.20. The molecular weight excluding hydrogens is 232 g/mol. The minimum absolute atomic E-state index is 0.376. The van der Waals surface area contributed by atoms with E-state index in [2.05, 4.69) is 43.1 Å². The van der Waals surface area contributed by atoms with Crippen molar-refractivity contribution >= 4 is 0 Å². The summed E-state index contributed by atoms with van der Waals surface area (Å²) in [5.74, 6) is 0. The maximum absolute atomic E-state index is 6.25. The van der Waals surface area contributed by atoms with E-state index in [0.717, 1.165) is 19.4 Å². The number of rotatable bonds is 5. The van der Waals surface area contributed by atoms with E-state index < -0.39 is 0 Å². The molecule has 0 spiro atoms. The maximum atomic E-state index is 6.25. The van der Waals surface area contributed by atoms with Gasteiger partial charge in [0, 0.05) is 18.6 Å². The monoisotopic (exact) mass is 260 g/mol. The van der Waals surface area contributed by atoms with Gasteiger partial charge in [0.05, 0.1) is 0 Å². The molecule has 0 radical (unpaired) electrons. The zero-order valence-electron chi connectivity index (χ0n) is 12.4. The number of aryl methyl sites for hydroxylation is 1. The van der Waals surface area contributed by atoms with Crippen LogP contribution in [0.2, 0.25) is 0 Å². The van der Waals surface area contributed by atoms with Crippen LogP contribution < -0.4 is 5.73 Å². The molecule has 2 nitrogen and oxygen atoms in total. The Kier molecular flexibility index (Phi) is 5.41. The predicted octanol–water partition coefficient (Wildman–Crippen LogP) is 2.99. The lowest BCUT2D eigenvalue weighted by molar-refractivity contribution is 0.171. The molecule has 1 fully saturated rings. The smallest absolute Gasteiger partial charge is 0.0244 e. The highest BCUT2D eigenvalue weighted by Crippen LogP contribution is 2.21. The lowest BCUT2D eigenvalue weighted by Crippen LogP contribution is -2.48. The Bertz CT molecular complexity index is 371. The molecule has 0 heterocycles. The van der Waals surface area contributed by atoms with Crippen molar-refractivity contribution in [1.82, 2.24) is 4.90 Å². The molecule has 0 aliphatic heterocycles. The molecule has 0 aromatic heterocycles. The van der Waals surface area contributed by atoms with Crippen molar-refractivity contribution in [3.05, 3.63) is 35.4 Å². The standard InChI is InChI=1S/C17H28N2/c1-3-14-8-10-15(11-9-14)12-13-19(2)17-7-5-4-6-16(17)18/h8-11,16-17H,3-7,12-13,18H2,1-2H3. The van der Waals surface area contributed by atoms with Gasteiger partial charge in [-0.05, 0) is 43.9 Å². The van der Waals surface area contributed by atoms with Crippen LogP contribution in [-0.4, -0.2) is 30.6 Å². The van der Waals surface area contributed by atoms with Gasteiger partial charge in [-0.3, -0.25) is 0 Å². The highest BCUT2D eigenvalue weighted by Gasteiger charge is 2.24. The van der Waals surface area contributed by atoms with Gasteiger partial charge in [-0.2, -0.15) is 0 Å². The minimum atomic E-state index is 0.376. The van der Waals surface area contributed by atoms with Crippen LogP contribution in [0, 0.1) is 0 Å². The van der Waals surface area contributed by atoms with Gasteiger partial charge >= 0.3 is 0 Å². The Morgan fingerprint density at radius 1 is 1.11 bits per heavy atom. The molecule has 0 saturated heterocycles. The second-order valence-corrected chi connectivity index (χ2v) is 5.92. The van der Waals surface area contributed by atoms with Crippen molar-refractivity contribution in [2.24, 2.45) is 5.73 Å². The third-order valence-electron chi connectivity index (χ3n) is 4.53. The van der Waals surface area contributed by atoms with E-state index in [4.69, 9.17) is 5.73 Å². The fraction of sp³-hybridized carbons (Fsp3) is 0.647. The molecule has 2 atom stereocenters. The normalized spacial score (nSPS) is 23.8. The number of nitrogens with zero attached hydrogens (tertiary/aromatic N) is 1. The largest absolute Gasteiger partial charge is 0.326 e. The quantitative estimate of drug-likeness (QED) is 0.882. The Hall–Kier alpha value is -0.860. The fourth-order valence-electron chi connectivity index (χ4n) is 3.10. The van der Waals surface area contributed by atoms with Crippen LogP contribution in [-0.2, 0) is 12.8 Å². The van der Waals surface area contributed by atoms with Gasteiger partial charge in [0.25, 0.3) is 0 Å². The van der Waals surface area contributed by atoms with E-state index in [9.17, 15) is 0 Å². The summed E-state index contributed by atoms with van der Waals surface area (Å²) in [6, 6.07) is 10.0. The average Bonchev–Trinajstić information content (AvgIpc) is 2.46. The van der Waals surface area contributed by atoms with Gasteiger partial charge in [-0.1, -0.05) is 44.0 Å². The zero-order chi connectivity index (χ0) is 13.7. The molecule has 2 heteroatoms. The van der Waals surface area contributed by atoms with E-state index >= 15 is 0 Å². The van der Waals surface area contributed by atoms with Crippen LogP contribution in [0.1, 0.15) is 43.7 Å². The molecule has 2 unspecified atom stereocenters. The first-order valence-corrected chi connectivity index (χ1v) is 7.74. The second-order valence-electron chi connectivity index (χ2n) is 5.92. The van der Waals surface area contributed by atoms with Gasteiger partial charge in [0.2, 0.25) is 0 Å². The second kappa shape index (κ2) is 7.06. The molecule has 2 N–H and O–H groups in total. The number of likely N-dealkylation sites (N-methyl/N-ethyl adjacent to an activating group) is 1. The molecular formula is C17H28N2. The van der Waals surface area contributed by atoms with Gasteiger partial charge < -0.3 is 10.6 Å². The Balaban J connectivity index is 1.83. The molecule has 1 aliphatic rings. The summed E-state index contributed by atoms with van der Waals surface area (Å²) in [6.07, 6.45) is 7.37. The number of benzene rings is 1. The van der Waals surface area contributed by atoms with E-state index in [1.807, 2.05) is 0 Å². The fourth-order valence-corrected chi connectivity index (χ4v) is 3.10. The minimum Gasteiger partial charge on any atom is -0.326 e. The van der Waals surface area contributed by atoms with Crippen LogP contribution in [0.5, 0.6) is 0 Å². The molecule has 0 bridgehead atoms. The summed E-state index contributed by atoms with van der Waals surface area (Å²) in [7, 11) is 2.23. The van der Waals surface area contributed by atoms with Gasteiger partial charge in [-0.15, -0.1) is 0 Å². The third-order valence-corrected chi connectivity index (χ3v) is 4.53. The molecule has 2 rings (SSSR count). The van der Waals surface area contributed by atoms with Crippen LogP contribution in [0.3, 0.4) is 0 Å². The molecule has 1 saturated carbocycles. The Morgan fingerprint density at radius 3 is 2.37 bits per heavy atom. The molecule has 1 aromatic carbocycles. The van der Waals surface area contributed by atoms with E-state index in [1.54, 1.807) is 0 Å². The highest BCUT2D eigenvalue weighted by molar-refractivity contribution is 5.22. The highest BCUT2D eigenvalue weighted by atomic mass is 15.1. The maximum Gasteiger partial charge on any atom is 0.0244 e. The summed E-state index contributed by atoms with van der Waals surface area (Å²) in [5, 5.41) is 0. The Morgan fingerprint density at radius 2 is 1.74 bits per heavy atom. The van der Waals surface area contributed by atoms with Crippen LogP contribution in [0.15, 0.2) is 24.3 Å². The van der Waals surface area contributed by atoms with Crippen molar-refractivity contribution in [2.45, 2.75) is 57.5 Å². The van der Waals surface area contributed by atoms with Crippen molar-refractivity contribution in [2.75, 3.05) is 13.6 Å².